The van der Waals surface area contributed by atoms with Crippen LogP contribution in [0, 0.1) is 0 Å². The summed E-state index contributed by atoms with van der Waals surface area (Å²) in [6, 6.07) is 3.42. The number of rotatable bonds is 1. The van der Waals surface area contributed by atoms with Gasteiger partial charge < -0.3 is 0 Å². The van der Waals surface area contributed by atoms with Crippen molar-refractivity contribution in [1.82, 2.24) is 14.5 Å². The number of imidazole rings is 1. The van der Waals surface area contributed by atoms with Crippen LogP contribution in [0.5, 0.6) is 0 Å². The van der Waals surface area contributed by atoms with Crippen molar-refractivity contribution in [2.45, 2.75) is 0 Å². The average molecular weight is 214 g/mol. The van der Waals surface area contributed by atoms with Crippen LogP contribution in [0.1, 0.15) is 0 Å². The first-order valence-corrected chi connectivity index (χ1v) is 4.34. The van der Waals surface area contributed by atoms with Crippen molar-refractivity contribution < 1.29 is 0 Å². The van der Waals surface area contributed by atoms with E-state index in [2.05, 4.69) is 9.97 Å². The second-order valence-electron chi connectivity index (χ2n) is 2.40. The van der Waals surface area contributed by atoms with E-state index in [-0.39, 0.29) is 0 Å². The van der Waals surface area contributed by atoms with E-state index in [1.54, 1.807) is 35.3 Å². The summed E-state index contributed by atoms with van der Waals surface area (Å²) in [5, 5.41) is 0.990. The van der Waals surface area contributed by atoms with Crippen molar-refractivity contribution in [2.75, 3.05) is 0 Å². The normalized spacial score (nSPS) is 10.3. The minimum atomic E-state index is 0.370. The van der Waals surface area contributed by atoms with Crippen LogP contribution in [0.25, 0.3) is 5.82 Å². The van der Waals surface area contributed by atoms with Crippen LogP contribution in [0.3, 0.4) is 0 Å². The molecular weight excluding hydrogens is 209 g/mol. The fourth-order valence-electron chi connectivity index (χ4n) is 0.981. The van der Waals surface area contributed by atoms with Gasteiger partial charge in [0, 0.05) is 29.7 Å². The fourth-order valence-corrected chi connectivity index (χ4v) is 1.33. The molecule has 0 saturated carbocycles. The summed E-state index contributed by atoms with van der Waals surface area (Å²) >= 11 is 11.6. The Kier molecular flexibility index (Phi) is 2.20. The Balaban J connectivity index is 2.53. The molecule has 0 N–H and O–H groups in total. The van der Waals surface area contributed by atoms with Gasteiger partial charge in [-0.25, -0.2) is 9.97 Å². The monoisotopic (exact) mass is 213 g/mol. The topological polar surface area (TPSA) is 30.7 Å². The largest absolute Gasteiger partial charge is 0.274 e. The maximum Gasteiger partial charge on any atom is 0.208 e. The molecule has 0 aliphatic heterocycles. The Hall–Kier alpha value is -1.06. The second kappa shape index (κ2) is 3.36. The van der Waals surface area contributed by atoms with Gasteiger partial charge in [-0.1, -0.05) is 11.6 Å². The maximum absolute atomic E-state index is 5.80. The van der Waals surface area contributed by atoms with E-state index in [0.717, 1.165) is 0 Å². The standard InChI is InChI=1S/C8H5Cl2N3/c9-6-1-2-11-7(5-6)13-4-3-12-8(13)10/h1-5H. The van der Waals surface area contributed by atoms with Crippen molar-refractivity contribution >= 4 is 23.2 Å². The van der Waals surface area contributed by atoms with E-state index >= 15 is 0 Å². The number of halogens is 2. The van der Waals surface area contributed by atoms with Crippen molar-refractivity contribution in [3.63, 3.8) is 0 Å². The Morgan fingerprint density at radius 1 is 1.15 bits per heavy atom. The Morgan fingerprint density at radius 2 is 2.00 bits per heavy atom. The summed E-state index contributed by atoms with van der Waals surface area (Å²) in [7, 11) is 0. The molecule has 0 amide bonds. The van der Waals surface area contributed by atoms with E-state index in [1.165, 1.54) is 0 Å². The summed E-state index contributed by atoms with van der Waals surface area (Å²) < 4.78 is 1.65. The highest BCUT2D eigenvalue weighted by molar-refractivity contribution is 6.30. The van der Waals surface area contributed by atoms with Crippen LogP contribution in [0.4, 0.5) is 0 Å². The zero-order chi connectivity index (χ0) is 9.26. The minimum Gasteiger partial charge on any atom is -0.274 e. The number of nitrogens with zero attached hydrogens (tertiary/aromatic N) is 3. The summed E-state index contributed by atoms with van der Waals surface area (Å²) in [5.41, 5.74) is 0. The smallest absolute Gasteiger partial charge is 0.208 e. The molecule has 0 bridgehead atoms. The van der Waals surface area contributed by atoms with E-state index < -0.39 is 0 Å². The molecule has 66 valence electrons. The first kappa shape index (κ1) is 8.53. The first-order chi connectivity index (χ1) is 6.27. The third kappa shape index (κ3) is 1.66. The van der Waals surface area contributed by atoms with Gasteiger partial charge >= 0.3 is 0 Å². The van der Waals surface area contributed by atoms with E-state index in [0.29, 0.717) is 16.1 Å². The van der Waals surface area contributed by atoms with E-state index in [4.69, 9.17) is 23.2 Å². The van der Waals surface area contributed by atoms with Crippen LogP contribution < -0.4 is 0 Å². The highest BCUT2D eigenvalue weighted by atomic mass is 35.5. The van der Waals surface area contributed by atoms with Crippen LogP contribution >= 0.6 is 23.2 Å². The van der Waals surface area contributed by atoms with Gasteiger partial charge in [0.05, 0.1) is 0 Å². The lowest BCUT2D eigenvalue weighted by molar-refractivity contribution is 0.994. The lowest BCUT2D eigenvalue weighted by Crippen LogP contribution is -1.94. The molecule has 2 heterocycles. The summed E-state index contributed by atoms with van der Waals surface area (Å²) in [4.78, 5) is 7.96. The molecule has 2 rings (SSSR count). The van der Waals surface area contributed by atoms with Gasteiger partial charge in [-0.05, 0) is 17.7 Å². The Morgan fingerprint density at radius 3 is 2.62 bits per heavy atom. The SMILES string of the molecule is Clc1ccnc(-n2ccnc2Cl)c1. The van der Waals surface area contributed by atoms with Crippen molar-refractivity contribution in [3.8, 4) is 5.82 Å². The molecule has 0 saturated heterocycles. The molecule has 0 fully saturated rings. The van der Waals surface area contributed by atoms with E-state index in [9.17, 15) is 0 Å². The van der Waals surface area contributed by atoms with Gasteiger partial charge in [0.2, 0.25) is 5.28 Å². The number of hydrogen-bond acceptors (Lipinski definition) is 2. The van der Waals surface area contributed by atoms with Crippen molar-refractivity contribution in [3.05, 3.63) is 41.0 Å². The van der Waals surface area contributed by atoms with E-state index in [1.807, 2.05) is 0 Å². The molecule has 0 aliphatic rings. The lowest BCUT2D eigenvalue weighted by atomic mass is 10.4. The van der Waals surface area contributed by atoms with Crippen LogP contribution in [-0.2, 0) is 0 Å². The van der Waals surface area contributed by atoms with Gasteiger partial charge in [-0.3, -0.25) is 4.57 Å². The molecule has 0 unspecified atom stereocenters. The number of pyridine rings is 1. The summed E-state index contributed by atoms with van der Waals surface area (Å²) in [6.45, 7) is 0. The highest BCUT2D eigenvalue weighted by Gasteiger charge is 2.02. The first-order valence-electron chi connectivity index (χ1n) is 3.58. The molecule has 2 aromatic rings. The van der Waals surface area contributed by atoms with Gasteiger partial charge in [-0.2, -0.15) is 0 Å². The molecule has 0 radical (unpaired) electrons. The molecular formula is C8H5Cl2N3. The lowest BCUT2D eigenvalue weighted by Gasteiger charge is -2.01. The Labute approximate surface area is 85.0 Å². The third-order valence-electron chi connectivity index (χ3n) is 1.55. The maximum atomic E-state index is 5.80. The predicted molar refractivity (Wildman–Crippen MR) is 51.4 cm³/mol. The molecule has 0 atom stereocenters. The zero-order valence-corrected chi connectivity index (χ0v) is 8.00. The zero-order valence-electron chi connectivity index (χ0n) is 6.48. The molecule has 3 nitrogen and oxygen atoms in total. The molecule has 0 aromatic carbocycles. The molecule has 0 aliphatic carbocycles. The molecule has 2 aromatic heterocycles. The van der Waals surface area contributed by atoms with Gasteiger partial charge in [0.1, 0.15) is 5.82 Å². The quantitative estimate of drug-likeness (QED) is 0.730. The second-order valence-corrected chi connectivity index (χ2v) is 3.17. The predicted octanol–water partition coefficient (Wildman–Crippen LogP) is 2.57. The summed E-state index contributed by atoms with van der Waals surface area (Å²) in [6.07, 6.45) is 4.94. The molecule has 5 heteroatoms. The van der Waals surface area contributed by atoms with Gasteiger partial charge in [0.25, 0.3) is 0 Å². The molecule has 0 spiro atoms. The van der Waals surface area contributed by atoms with Gasteiger partial charge in [-0.15, -0.1) is 0 Å². The minimum absolute atomic E-state index is 0.370. The van der Waals surface area contributed by atoms with Crippen molar-refractivity contribution in [2.24, 2.45) is 0 Å². The van der Waals surface area contributed by atoms with Crippen LogP contribution in [-0.4, -0.2) is 14.5 Å². The highest BCUT2D eigenvalue weighted by Crippen LogP contribution is 2.15. The Bertz CT molecular complexity index is 425. The van der Waals surface area contributed by atoms with Gasteiger partial charge in [0.15, 0.2) is 0 Å². The molecule has 13 heavy (non-hydrogen) atoms. The fraction of sp³-hybridized carbons (Fsp3) is 0. The summed E-state index contributed by atoms with van der Waals surface area (Å²) in [5.74, 6) is 0.662. The van der Waals surface area contributed by atoms with Crippen LogP contribution in [0.2, 0.25) is 10.3 Å². The number of aromatic nitrogens is 3. The van der Waals surface area contributed by atoms with Crippen LogP contribution in [0.15, 0.2) is 30.7 Å². The van der Waals surface area contributed by atoms with Crippen molar-refractivity contribution in [1.29, 1.82) is 0 Å². The average Bonchev–Trinajstić information content (AvgIpc) is 2.51. The third-order valence-corrected chi connectivity index (χ3v) is 2.06. The number of hydrogen-bond donors (Lipinski definition) is 0.